The number of aromatic hydroxyl groups is 1. The lowest BCUT2D eigenvalue weighted by Crippen LogP contribution is -2.04. The van der Waals surface area contributed by atoms with E-state index in [1.165, 1.54) is 0 Å². The lowest BCUT2D eigenvalue weighted by Gasteiger charge is -2.09. The molecule has 13 heavy (non-hydrogen) atoms. The van der Waals surface area contributed by atoms with Crippen LogP contribution in [-0.2, 0) is 6.54 Å². The maximum Gasteiger partial charge on any atom is 0.267 e. The van der Waals surface area contributed by atoms with E-state index in [2.05, 4.69) is 4.98 Å². The van der Waals surface area contributed by atoms with Gasteiger partial charge in [-0.2, -0.15) is 0 Å². The van der Waals surface area contributed by atoms with Gasteiger partial charge in [-0.25, -0.2) is 13.8 Å². The van der Waals surface area contributed by atoms with Gasteiger partial charge in [0.05, 0.1) is 11.8 Å². The summed E-state index contributed by atoms with van der Waals surface area (Å²) in [6, 6.07) is 0. The average molecular weight is 209 g/mol. The van der Waals surface area contributed by atoms with Gasteiger partial charge in [-0.1, -0.05) is 11.6 Å². The smallest absolute Gasteiger partial charge is 0.267 e. The van der Waals surface area contributed by atoms with Gasteiger partial charge in [0.1, 0.15) is 10.9 Å². The Morgan fingerprint density at radius 2 is 2.23 bits per heavy atom. The highest BCUT2D eigenvalue weighted by molar-refractivity contribution is 6.30. The van der Waals surface area contributed by atoms with E-state index < -0.39 is 12.0 Å². The zero-order chi connectivity index (χ0) is 10.0. The van der Waals surface area contributed by atoms with Crippen LogP contribution in [0.1, 0.15) is 17.6 Å². The molecule has 0 aliphatic carbocycles. The number of aromatic nitrogens is 1. The summed E-state index contributed by atoms with van der Waals surface area (Å²) in [7, 11) is 0. The summed E-state index contributed by atoms with van der Waals surface area (Å²) in [5, 5.41) is 8.80. The molecule has 0 aliphatic heterocycles. The molecule has 0 amide bonds. The number of halogens is 3. The lowest BCUT2D eigenvalue weighted by atomic mass is 10.1. The molecule has 72 valence electrons. The molecule has 0 unspecified atom stereocenters. The van der Waals surface area contributed by atoms with Gasteiger partial charge in [-0.3, -0.25) is 0 Å². The molecule has 1 rings (SSSR count). The third-order valence-electron chi connectivity index (χ3n) is 1.58. The quantitative estimate of drug-likeness (QED) is 0.729. The van der Waals surface area contributed by atoms with E-state index in [-0.39, 0.29) is 23.0 Å². The fourth-order valence-corrected chi connectivity index (χ4v) is 1.21. The van der Waals surface area contributed by atoms with Crippen LogP contribution in [0.5, 0.6) is 5.75 Å². The van der Waals surface area contributed by atoms with E-state index in [0.717, 1.165) is 6.20 Å². The second-order valence-electron chi connectivity index (χ2n) is 2.33. The van der Waals surface area contributed by atoms with E-state index in [1.54, 1.807) is 0 Å². The van der Waals surface area contributed by atoms with E-state index in [0.29, 0.717) is 0 Å². The monoisotopic (exact) mass is 208 g/mol. The number of rotatable bonds is 2. The highest BCUT2D eigenvalue weighted by atomic mass is 35.5. The first kappa shape index (κ1) is 10.1. The Hall–Kier alpha value is -0.940. The SMILES string of the molecule is NCc1c(O)cnc(Cl)c1C(F)F. The summed E-state index contributed by atoms with van der Waals surface area (Å²) in [5.74, 6) is -0.359. The van der Waals surface area contributed by atoms with E-state index in [9.17, 15) is 8.78 Å². The lowest BCUT2D eigenvalue weighted by molar-refractivity contribution is 0.149. The van der Waals surface area contributed by atoms with Gasteiger partial charge in [-0.05, 0) is 0 Å². The van der Waals surface area contributed by atoms with E-state index in [4.69, 9.17) is 22.4 Å². The summed E-state index contributed by atoms with van der Waals surface area (Å²) in [4.78, 5) is 3.39. The topological polar surface area (TPSA) is 59.1 Å². The molecule has 0 bridgehead atoms. The molecule has 0 fully saturated rings. The Labute approximate surface area is 78.1 Å². The molecule has 0 spiro atoms. The van der Waals surface area contributed by atoms with Crippen molar-refractivity contribution < 1.29 is 13.9 Å². The Bertz CT molecular complexity index is 320. The number of pyridine rings is 1. The van der Waals surface area contributed by atoms with Crippen LogP contribution in [0.25, 0.3) is 0 Å². The van der Waals surface area contributed by atoms with Gasteiger partial charge in [-0.15, -0.1) is 0 Å². The predicted molar refractivity (Wildman–Crippen MR) is 43.8 cm³/mol. The summed E-state index contributed by atoms with van der Waals surface area (Å²) < 4.78 is 24.7. The number of alkyl halides is 2. The molecule has 3 N–H and O–H groups in total. The maximum absolute atomic E-state index is 12.4. The van der Waals surface area contributed by atoms with Crippen molar-refractivity contribution in [1.29, 1.82) is 0 Å². The fraction of sp³-hybridized carbons (Fsp3) is 0.286. The summed E-state index contributed by atoms with van der Waals surface area (Å²) in [5.41, 5.74) is 4.62. The highest BCUT2D eigenvalue weighted by Gasteiger charge is 2.20. The van der Waals surface area contributed by atoms with Gasteiger partial charge >= 0.3 is 0 Å². The van der Waals surface area contributed by atoms with Crippen molar-refractivity contribution in [3.8, 4) is 5.75 Å². The molecule has 0 radical (unpaired) electrons. The largest absolute Gasteiger partial charge is 0.506 e. The van der Waals surface area contributed by atoms with E-state index >= 15 is 0 Å². The predicted octanol–water partition coefficient (Wildman–Crippen LogP) is 1.84. The van der Waals surface area contributed by atoms with Gasteiger partial charge in [0, 0.05) is 12.1 Å². The van der Waals surface area contributed by atoms with E-state index in [1.807, 2.05) is 0 Å². The van der Waals surface area contributed by atoms with Gasteiger partial charge < -0.3 is 10.8 Å². The first-order valence-electron chi connectivity index (χ1n) is 3.42. The molecular formula is C7H7ClF2N2O. The Balaban J connectivity index is 3.35. The molecule has 0 saturated heterocycles. The number of nitrogens with two attached hydrogens (primary N) is 1. The number of hydrogen-bond acceptors (Lipinski definition) is 3. The third kappa shape index (κ3) is 1.87. The summed E-state index contributed by atoms with van der Waals surface area (Å²) >= 11 is 5.42. The minimum Gasteiger partial charge on any atom is -0.506 e. The molecule has 0 aliphatic rings. The zero-order valence-corrected chi connectivity index (χ0v) is 7.22. The molecule has 0 aromatic carbocycles. The molecule has 6 heteroatoms. The molecule has 1 aromatic rings. The standard InChI is InChI=1S/C7H7ClF2N2O/c8-6-5(7(9)10)3(1-11)4(13)2-12-6/h2,7,13H,1,11H2. The van der Waals surface area contributed by atoms with Crippen molar-refractivity contribution >= 4 is 11.6 Å². The van der Waals surface area contributed by atoms with Crippen molar-refractivity contribution in [3.63, 3.8) is 0 Å². The molecule has 0 atom stereocenters. The van der Waals surface area contributed by atoms with Crippen LogP contribution < -0.4 is 5.73 Å². The van der Waals surface area contributed by atoms with Crippen LogP contribution >= 0.6 is 11.6 Å². The van der Waals surface area contributed by atoms with Crippen LogP contribution in [0.15, 0.2) is 6.20 Å². The fourth-order valence-electron chi connectivity index (χ4n) is 0.964. The second kappa shape index (κ2) is 3.85. The van der Waals surface area contributed by atoms with Crippen LogP contribution in [0, 0.1) is 0 Å². The molecule has 1 aromatic heterocycles. The second-order valence-corrected chi connectivity index (χ2v) is 2.69. The Kier molecular flexibility index (Phi) is 3.00. The van der Waals surface area contributed by atoms with Crippen LogP contribution in [0.2, 0.25) is 5.15 Å². The van der Waals surface area contributed by atoms with Gasteiger partial charge in [0.15, 0.2) is 0 Å². The van der Waals surface area contributed by atoms with Crippen molar-refractivity contribution in [1.82, 2.24) is 4.98 Å². The van der Waals surface area contributed by atoms with Crippen LogP contribution in [0.4, 0.5) is 8.78 Å². The number of hydrogen-bond donors (Lipinski definition) is 2. The molecule has 3 nitrogen and oxygen atoms in total. The molecule has 1 heterocycles. The van der Waals surface area contributed by atoms with Crippen molar-refractivity contribution in [2.24, 2.45) is 5.73 Å². The first-order chi connectivity index (χ1) is 6.07. The highest BCUT2D eigenvalue weighted by Crippen LogP contribution is 2.32. The number of nitrogens with zero attached hydrogens (tertiary/aromatic N) is 1. The minimum absolute atomic E-state index is 0.0602. The van der Waals surface area contributed by atoms with Crippen LogP contribution in [0.3, 0.4) is 0 Å². The van der Waals surface area contributed by atoms with Gasteiger partial charge in [0.2, 0.25) is 0 Å². The Morgan fingerprint density at radius 1 is 1.62 bits per heavy atom. The molecular weight excluding hydrogens is 202 g/mol. The normalized spacial score (nSPS) is 10.8. The van der Waals surface area contributed by atoms with Crippen molar-refractivity contribution in [2.75, 3.05) is 0 Å². The first-order valence-corrected chi connectivity index (χ1v) is 3.80. The third-order valence-corrected chi connectivity index (χ3v) is 1.88. The summed E-state index contributed by atoms with van der Waals surface area (Å²) in [6.45, 7) is -0.201. The van der Waals surface area contributed by atoms with Crippen LogP contribution in [-0.4, -0.2) is 10.1 Å². The maximum atomic E-state index is 12.4. The van der Waals surface area contributed by atoms with Gasteiger partial charge in [0.25, 0.3) is 6.43 Å². The van der Waals surface area contributed by atoms with Crippen molar-refractivity contribution in [2.45, 2.75) is 13.0 Å². The molecule has 0 saturated carbocycles. The Morgan fingerprint density at radius 3 is 2.62 bits per heavy atom. The van der Waals surface area contributed by atoms with Crippen molar-refractivity contribution in [3.05, 3.63) is 22.5 Å². The summed E-state index contributed by atoms with van der Waals surface area (Å²) in [6.07, 6.45) is -1.79. The zero-order valence-electron chi connectivity index (χ0n) is 6.47. The average Bonchev–Trinajstić information content (AvgIpc) is 2.07. The minimum atomic E-state index is -2.79.